The fourth-order valence-corrected chi connectivity index (χ4v) is 3.26. The molecule has 1 aliphatic carbocycles. The van der Waals surface area contributed by atoms with Gasteiger partial charge in [-0.2, -0.15) is 13.2 Å². The first-order chi connectivity index (χ1) is 9.88. The van der Waals surface area contributed by atoms with Gasteiger partial charge >= 0.3 is 6.18 Å². The second-order valence-electron chi connectivity index (χ2n) is 5.25. The lowest BCUT2D eigenvalue weighted by molar-refractivity contribution is -0.137. The maximum atomic E-state index is 13.3. The highest BCUT2D eigenvalue weighted by Crippen LogP contribution is 2.38. The van der Waals surface area contributed by atoms with Crippen LogP contribution in [0.2, 0.25) is 0 Å². The van der Waals surface area contributed by atoms with E-state index in [1.807, 2.05) is 6.07 Å². The third-order valence-corrected chi connectivity index (χ3v) is 4.37. The van der Waals surface area contributed by atoms with Crippen LogP contribution in [0.1, 0.15) is 35.7 Å². The first-order valence-electron chi connectivity index (χ1n) is 6.71. The number of aromatic nitrogens is 1. The van der Waals surface area contributed by atoms with E-state index in [-0.39, 0.29) is 11.7 Å². The van der Waals surface area contributed by atoms with Crippen molar-refractivity contribution in [2.75, 3.05) is 0 Å². The summed E-state index contributed by atoms with van der Waals surface area (Å²) in [6.45, 7) is 0. The average Bonchev–Trinajstić information content (AvgIpc) is 2.83. The molecule has 1 heterocycles. The molecular formula is C15H14BrF3N2. The van der Waals surface area contributed by atoms with Gasteiger partial charge in [-0.3, -0.25) is 0 Å². The maximum absolute atomic E-state index is 13.3. The first kappa shape index (κ1) is 14.7. The molecule has 0 fully saturated rings. The quantitative estimate of drug-likeness (QED) is 0.793. The molecule has 0 radical (unpaired) electrons. The van der Waals surface area contributed by atoms with Crippen molar-refractivity contribution in [1.29, 1.82) is 0 Å². The predicted molar refractivity (Wildman–Crippen MR) is 78.3 cm³/mol. The van der Waals surface area contributed by atoms with Gasteiger partial charge in [-0.15, -0.1) is 0 Å². The zero-order valence-electron chi connectivity index (χ0n) is 11.1. The van der Waals surface area contributed by atoms with E-state index in [0.29, 0.717) is 4.47 Å². The van der Waals surface area contributed by atoms with E-state index in [9.17, 15) is 13.2 Å². The van der Waals surface area contributed by atoms with Gasteiger partial charge in [0.25, 0.3) is 0 Å². The van der Waals surface area contributed by atoms with Crippen LogP contribution >= 0.6 is 15.9 Å². The van der Waals surface area contributed by atoms with Gasteiger partial charge < -0.3 is 10.3 Å². The molecule has 1 aromatic carbocycles. The molecule has 1 atom stereocenters. The van der Waals surface area contributed by atoms with E-state index in [1.54, 1.807) is 16.8 Å². The van der Waals surface area contributed by atoms with Crippen LogP contribution in [0.5, 0.6) is 0 Å². The molecule has 21 heavy (non-hydrogen) atoms. The third kappa shape index (κ3) is 2.62. The summed E-state index contributed by atoms with van der Waals surface area (Å²) in [5.41, 5.74) is 7.40. The van der Waals surface area contributed by atoms with Crippen molar-refractivity contribution in [2.24, 2.45) is 5.73 Å². The van der Waals surface area contributed by atoms with E-state index >= 15 is 0 Å². The Morgan fingerprint density at radius 1 is 1.24 bits per heavy atom. The van der Waals surface area contributed by atoms with Crippen LogP contribution in [0.15, 0.2) is 34.9 Å². The summed E-state index contributed by atoms with van der Waals surface area (Å²) in [4.78, 5) is 0. The van der Waals surface area contributed by atoms with Crippen LogP contribution in [0.3, 0.4) is 0 Å². The standard InChI is InChI=1S/C15H14BrF3N2/c16-9-4-5-14(11(8-9)15(17,18)19)21-7-6-10-12(20)2-1-3-13(10)21/h4-8,12H,1-3,20H2. The van der Waals surface area contributed by atoms with Gasteiger partial charge in [-0.25, -0.2) is 0 Å². The molecule has 0 saturated carbocycles. The van der Waals surface area contributed by atoms with Crippen molar-refractivity contribution < 1.29 is 13.2 Å². The monoisotopic (exact) mass is 358 g/mol. The Kier molecular flexibility index (Phi) is 3.61. The molecule has 2 aromatic rings. The molecule has 0 aliphatic heterocycles. The van der Waals surface area contributed by atoms with Gasteiger partial charge in [0.15, 0.2) is 0 Å². The Hall–Kier alpha value is -1.27. The molecular weight excluding hydrogens is 345 g/mol. The minimum Gasteiger partial charge on any atom is -0.324 e. The smallest absolute Gasteiger partial charge is 0.324 e. The highest BCUT2D eigenvalue weighted by Gasteiger charge is 2.35. The van der Waals surface area contributed by atoms with Crippen LogP contribution in [0.4, 0.5) is 13.2 Å². The van der Waals surface area contributed by atoms with E-state index in [4.69, 9.17) is 5.73 Å². The van der Waals surface area contributed by atoms with E-state index in [2.05, 4.69) is 15.9 Å². The van der Waals surface area contributed by atoms with Crippen molar-refractivity contribution in [3.63, 3.8) is 0 Å². The van der Waals surface area contributed by atoms with Gasteiger partial charge in [-0.1, -0.05) is 15.9 Å². The van der Waals surface area contributed by atoms with Gasteiger partial charge in [0.05, 0.1) is 11.3 Å². The fourth-order valence-electron chi connectivity index (χ4n) is 2.90. The molecule has 112 valence electrons. The number of nitrogens with zero attached hydrogens (tertiary/aromatic N) is 1. The SMILES string of the molecule is NC1CCCc2c1ccn2-c1ccc(Br)cc1C(F)(F)F. The van der Waals surface area contributed by atoms with Crippen LogP contribution in [-0.2, 0) is 12.6 Å². The lowest BCUT2D eigenvalue weighted by Gasteiger charge is -2.22. The molecule has 1 aliphatic rings. The number of nitrogens with two attached hydrogens (primary N) is 1. The van der Waals surface area contributed by atoms with Crippen molar-refractivity contribution in [3.8, 4) is 5.69 Å². The number of hydrogen-bond donors (Lipinski definition) is 1. The fraction of sp³-hybridized carbons (Fsp3) is 0.333. The number of alkyl halides is 3. The summed E-state index contributed by atoms with van der Waals surface area (Å²) in [6, 6.07) is 5.98. The lowest BCUT2D eigenvalue weighted by atomic mass is 9.93. The second-order valence-corrected chi connectivity index (χ2v) is 6.16. The summed E-state index contributed by atoms with van der Waals surface area (Å²) in [6.07, 6.45) is -0.176. The van der Waals surface area contributed by atoms with Gasteiger partial charge in [0.2, 0.25) is 0 Å². The summed E-state index contributed by atoms with van der Waals surface area (Å²) in [5, 5.41) is 0. The zero-order valence-corrected chi connectivity index (χ0v) is 12.7. The molecule has 1 unspecified atom stereocenters. The van der Waals surface area contributed by atoms with Crippen LogP contribution in [-0.4, -0.2) is 4.57 Å². The number of halogens is 4. The Morgan fingerprint density at radius 2 is 2.00 bits per heavy atom. The van der Waals surface area contributed by atoms with Gasteiger partial charge in [0.1, 0.15) is 0 Å². The summed E-state index contributed by atoms with van der Waals surface area (Å²) >= 11 is 3.11. The highest BCUT2D eigenvalue weighted by atomic mass is 79.9. The van der Waals surface area contributed by atoms with Crippen molar-refractivity contribution in [3.05, 3.63) is 51.8 Å². The number of hydrogen-bond acceptors (Lipinski definition) is 1. The van der Waals surface area contributed by atoms with Crippen LogP contribution < -0.4 is 5.73 Å². The van der Waals surface area contributed by atoms with E-state index in [0.717, 1.165) is 36.6 Å². The van der Waals surface area contributed by atoms with Crippen LogP contribution in [0.25, 0.3) is 5.69 Å². The molecule has 0 bridgehead atoms. The van der Waals surface area contributed by atoms with Gasteiger partial charge in [-0.05, 0) is 49.1 Å². The second kappa shape index (κ2) is 5.18. The van der Waals surface area contributed by atoms with Gasteiger partial charge in [0, 0.05) is 22.4 Å². The van der Waals surface area contributed by atoms with E-state index < -0.39 is 11.7 Å². The van der Waals surface area contributed by atoms with E-state index in [1.165, 1.54) is 6.07 Å². The zero-order chi connectivity index (χ0) is 15.2. The predicted octanol–water partition coefficient (Wildman–Crippen LogP) is 4.59. The number of benzene rings is 1. The van der Waals surface area contributed by atoms with Crippen molar-refractivity contribution in [1.82, 2.24) is 4.57 Å². The Bertz CT molecular complexity index is 676. The topological polar surface area (TPSA) is 30.9 Å². The average molecular weight is 359 g/mol. The molecule has 0 saturated heterocycles. The molecule has 2 nitrogen and oxygen atoms in total. The first-order valence-corrected chi connectivity index (χ1v) is 7.50. The molecule has 6 heteroatoms. The summed E-state index contributed by atoms with van der Waals surface area (Å²) in [7, 11) is 0. The summed E-state index contributed by atoms with van der Waals surface area (Å²) < 4.78 is 41.9. The molecule has 3 rings (SSSR count). The minimum atomic E-state index is -4.40. The Balaban J connectivity index is 2.18. The van der Waals surface area contributed by atoms with Crippen LogP contribution in [0, 0.1) is 0 Å². The lowest BCUT2D eigenvalue weighted by Crippen LogP contribution is -2.19. The normalized spacial score (nSPS) is 18.6. The number of fused-ring (bicyclic) bond motifs is 1. The Morgan fingerprint density at radius 3 is 2.71 bits per heavy atom. The molecule has 2 N–H and O–H groups in total. The minimum absolute atomic E-state index is 0.0835. The highest BCUT2D eigenvalue weighted by molar-refractivity contribution is 9.10. The molecule has 0 spiro atoms. The third-order valence-electron chi connectivity index (χ3n) is 3.88. The largest absolute Gasteiger partial charge is 0.418 e. The Labute approximate surface area is 128 Å². The summed E-state index contributed by atoms with van der Waals surface area (Å²) in [5.74, 6) is 0. The van der Waals surface area contributed by atoms with Crippen molar-refractivity contribution in [2.45, 2.75) is 31.5 Å². The molecule has 1 aromatic heterocycles. The van der Waals surface area contributed by atoms with Crippen molar-refractivity contribution >= 4 is 15.9 Å². The number of rotatable bonds is 1. The molecule has 0 amide bonds. The maximum Gasteiger partial charge on any atom is 0.418 e.